The molecule has 0 amide bonds. The van der Waals surface area contributed by atoms with Crippen molar-refractivity contribution in [2.75, 3.05) is 0 Å². The average molecular weight is 125 g/mol. The average Bonchev–Trinajstić information content (AvgIpc) is 1.96. The Morgan fingerprint density at radius 3 is 0.889 bits per heavy atom. The van der Waals surface area contributed by atoms with E-state index in [1.54, 1.807) is 0 Å². The molecule has 0 heterocycles. The number of benzene rings is 1. The molecule has 0 saturated carbocycles. The van der Waals surface area contributed by atoms with Gasteiger partial charge in [0.15, 0.2) is 0 Å². The van der Waals surface area contributed by atoms with Crippen molar-refractivity contribution in [3.63, 3.8) is 0 Å². The minimum absolute atomic E-state index is 0. The number of hydrogen-bond acceptors (Lipinski definition) is 0. The lowest BCUT2D eigenvalue weighted by Crippen LogP contribution is -1.47. The lowest BCUT2D eigenvalue weighted by atomic mass is 10.4. The monoisotopic (exact) mass is 125 g/mol. The first-order chi connectivity index (χ1) is 4.00. The van der Waals surface area contributed by atoms with Crippen LogP contribution in [0.1, 0.15) is 8.85 Å². The zero-order chi connectivity index (χ0) is 6.24. The first-order valence-electron chi connectivity index (χ1n) is 2.50. The summed E-state index contributed by atoms with van der Waals surface area (Å²) < 4.78 is 0. The lowest BCUT2D eigenvalue weighted by molar-refractivity contribution is 1.72. The van der Waals surface area contributed by atoms with Gasteiger partial charge in [-0.15, -0.1) is 13.2 Å². The van der Waals surface area contributed by atoms with Gasteiger partial charge in [0.25, 0.3) is 0 Å². The maximum atomic E-state index is 3.00. The highest BCUT2D eigenvalue weighted by molar-refractivity contribution is 4.99. The summed E-state index contributed by atoms with van der Waals surface area (Å²) in [6.45, 7) is 6.00. The summed E-state index contributed by atoms with van der Waals surface area (Å²) in [5.41, 5.74) is 0. The van der Waals surface area contributed by atoms with Gasteiger partial charge < -0.3 is 0 Å². The predicted octanol–water partition coefficient (Wildman–Crippen LogP) is 3.37. The molecule has 0 radical (unpaired) electrons. The van der Waals surface area contributed by atoms with Gasteiger partial charge in [-0.25, -0.2) is 0 Å². The first kappa shape index (κ1) is 10.9. The van der Waals surface area contributed by atoms with Crippen LogP contribution in [0.25, 0.3) is 0 Å². The number of hydrogen-bond donors (Lipinski definition) is 0. The Morgan fingerprint density at radius 1 is 0.667 bits per heavy atom. The highest BCUT2D eigenvalue weighted by Crippen LogP contribution is 1.79. The second kappa shape index (κ2) is 10.0. The molecule has 52 valence electrons. The standard InChI is InChI=1S/C6H6.C2H4.CH4.H2/c1-2-4-6-5-3-1;1-2;;/h1-6H;1-2H2;1H4;1H/i;;;1+1. The van der Waals surface area contributed by atoms with Crippen molar-refractivity contribution >= 4 is 0 Å². The van der Waals surface area contributed by atoms with E-state index >= 15 is 0 Å². The van der Waals surface area contributed by atoms with Gasteiger partial charge in [0, 0.05) is 1.43 Å². The molecule has 0 aromatic heterocycles. The molecule has 1 rings (SSSR count). The van der Waals surface area contributed by atoms with Crippen LogP contribution in [-0.4, -0.2) is 0 Å². The van der Waals surface area contributed by atoms with E-state index in [2.05, 4.69) is 13.2 Å². The zero-order valence-corrected chi connectivity index (χ0v) is 4.88. The van der Waals surface area contributed by atoms with E-state index in [1.165, 1.54) is 0 Å². The Bertz CT molecular complexity index is 87.6. The van der Waals surface area contributed by atoms with Gasteiger partial charge in [0.2, 0.25) is 0 Å². The van der Waals surface area contributed by atoms with Crippen LogP contribution in [0.4, 0.5) is 0 Å². The molecule has 0 aliphatic heterocycles. The van der Waals surface area contributed by atoms with Crippen LogP contribution in [0.2, 0.25) is 0 Å². The predicted molar refractivity (Wildman–Crippen MR) is 46.5 cm³/mol. The molecular formula is C9H16. The molecule has 0 nitrogen and oxygen atoms in total. The molecule has 0 N–H and O–H groups in total. The fourth-order valence-corrected chi connectivity index (χ4v) is 0.385. The van der Waals surface area contributed by atoms with Crippen molar-refractivity contribution in [3.8, 4) is 0 Å². The van der Waals surface area contributed by atoms with Gasteiger partial charge in [0.05, 0.1) is 0 Å². The highest BCUT2D eigenvalue weighted by Gasteiger charge is 1.57. The van der Waals surface area contributed by atoms with Gasteiger partial charge in [-0.05, 0) is 0 Å². The summed E-state index contributed by atoms with van der Waals surface area (Å²) in [7, 11) is 0. The van der Waals surface area contributed by atoms with Gasteiger partial charge in [-0.2, -0.15) is 0 Å². The molecule has 0 saturated heterocycles. The van der Waals surface area contributed by atoms with Crippen molar-refractivity contribution in [3.05, 3.63) is 49.6 Å². The molecule has 0 heteroatoms. The summed E-state index contributed by atoms with van der Waals surface area (Å²) >= 11 is 0. The van der Waals surface area contributed by atoms with Crippen molar-refractivity contribution < 1.29 is 1.43 Å². The van der Waals surface area contributed by atoms with E-state index in [9.17, 15) is 0 Å². The second-order valence-electron chi connectivity index (χ2n) is 1.15. The topological polar surface area (TPSA) is 0 Å². The normalized spacial score (nSPS) is 5.78. The van der Waals surface area contributed by atoms with Crippen LogP contribution in [-0.2, 0) is 0 Å². The molecule has 0 spiro atoms. The summed E-state index contributed by atoms with van der Waals surface area (Å²) in [6.07, 6.45) is 0. The van der Waals surface area contributed by atoms with Crippen LogP contribution in [0.15, 0.2) is 49.6 Å². The van der Waals surface area contributed by atoms with Crippen LogP contribution in [0, 0.1) is 0 Å². The summed E-state index contributed by atoms with van der Waals surface area (Å²) in [6, 6.07) is 12.0. The SMILES string of the molecule is C.C=C.[2HH].c1ccccc1. The van der Waals surface area contributed by atoms with Crippen LogP contribution >= 0.6 is 0 Å². The van der Waals surface area contributed by atoms with E-state index in [1.807, 2.05) is 36.4 Å². The maximum Gasteiger partial charge on any atom is 0 e. The molecular weight excluding hydrogens is 108 g/mol. The van der Waals surface area contributed by atoms with E-state index in [4.69, 9.17) is 0 Å². The Hall–Kier alpha value is -1.04. The molecule has 0 unspecified atom stereocenters. The van der Waals surface area contributed by atoms with Crippen molar-refractivity contribution in [1.82, 2.24) is 0 Å². The Morgan fingerprint density at radius 2 is 0.778 bits per heavy atom. The van der Waals surface area contributed by atoms with E-state index < -0.39 is 0 Å². The molecule has 1 aromatic rings. The maximum absolute atomic E-state index is 3.00. The molecule has 1 aromatic carbocycles. The third-order valence-electron chi connectivity index (χ3n) is 0.667. The largest absolute Gasteiger partial charge is 0.106 e. The lowest BCUT2D eigenvalue weighted by Gasteiger charge is -1.69. The Balaban J connectivity index is -0.000000114. The van der Waals surface area contributed by atoms with Gasteiger partial charge >= 0.3 is 0 Å². The van der Waals surface area contributed by atoms with Gasteiger partial charge in [0.1, 0.15) is 0 Å². The fourth-order valence-electron chi connectivity index (χ4n) is 0.385. The second-order valence-corrected chi connectivity index (χ2v) is 1.15. The van der Waals surface area contributed by atoms with E-state index in [-0.39, 0.29) is 8.85 Å². The van der Waals surface area contributed by atoms with Crippen molar-refractivity contribution in [2.45, 2.75) is 7.43 Å². The van der Waals surface area contributed by atoms with Gasteiger partial charge in [-0.3, -0.25) is 0 Å². The first-order valence-corrected chi connectivity index (χ1v) is 2.50. The minimum Gasteiger partial charge on any atom is -0.106 e. The summed E-state index contributed by atoms with van der Waals surface area (Å²) in [5.74, 6) is 0. The molecule has 0 fully saturated rings. The zero-order valence-electron chi connectivity index (χ0n) is 4.88. The van der Waals surface area contributed by atoms with Crippen molar-refractivity contribution in [1.29, 1.82) is 0 Å². The van der Waals surface area contributed by atoms with Crippen molar-refractivity contribution in [2.24, 2.45) is 0 Å². The fraction of sp³-hybridized carbons (Fsp3) is 0.111. The van der Waals surface area contributed by atoms with E-state index in [0.717, 1.165) is 0 Å². The van der Waals surface area contributed by atoms with Crippen LogP contribution < -0.4 is 0 Å². The quantitative estimate of drug-likeness (QED) is 0.466. The van der Waals surface area contributed by atoms with Crippen LogP contribution in [0.3, 0.4) is 0 Å². The van der Waals surface area contributed by atoms with E-state index in [0.29, 0.717) is 0 Å². The third-order valence-corrected chi connectivity index (χ3v) is 0.667. The Kier molecular flexibility index (Phi) is 12.1. The van der Waals surface area contributed by atoms with Crippen LogP contribution in [0.5, 0.6) is 0 Å². The van der Waals surface area contributed by atoms with Gasteiger partial charge in [-0.1, -0.05) is 43.8 Å². The minimum atomic E-state index is 0. The highest BCUT2D eigenvalue weighted by atomic mass is 13.6. The molecule has 9 heavy (non-hydrogen) atoms. The summed E-state index contributed by atoms with van der Waals surface area (Å²) in [5, 5.41) is 0. The smallest absolute Gasteiger partial charge is 0 e. The third kappa shape index (κ3) is 6.96. The molecule has 0 aliphatic carbocycles. The molecule has 0 atom stereocenters. The Labute approximate surface area is 59.3 Å². The summed E-state index contributed by atoms with van der Waals surface area (Å²) in [4.78, 5) is 0. The number of rotatable bonds is 0. The molecule has 0 aliphatic rings. The molecule has 0 bridgehead atoms.